The number of nitrogens with two attached hydrogens (primary N) is 1. The largest absolute Gasteiger partial charge is 0.497 e. The normalized spacial score (nSPS) is 11.3. The molecule has 0 aliphatic heterocycles. The van der Waals surface area contributed by atoms with Crippen LogP contribution in [0.1, 0.15) is 6.42 Å². The molecule has 0 aliphatic rings. The number of hydrogen-bond acceptors (Lipinski definition) is 5. The number of nitrogens with zero attached hydrogens (tertiary/aromatic N) is 2. The number of sulfonamides is 1. The molecule has 1 aromatic heterocycles. The number of nitrogens with one attached hydrogen (secondary N) is 1. The minimum absolute atomic E-state index is 0.0438. The molecule has 0 spiro atoms. The number of rotatable bonds is 7. The van der Waals surface area contributed by atoms with Crippen LogP contribution in [0.2, 0.25) is 0 Å². The lowest BCUT2D eigenvalue weighted by atomic mass is 10.3. The summed E-state index contributed by atoms with van der Waals surface area (Å²) in [5, 5.41) is 6.23. The highest BCUT2D eigenvalue weighted by atomic mass is 32.2. The van der Waals surface area contributed by atoms with Gasteiger partial charge in [0.15, 0.2) is 5.03 Å². The Labute approximate surface area is 123 Å². The van der Waals surface area contributed by atoms with Crippen LogP contribution in [0.25, 0.3) is 0 Å². The van der Waals surface area contributed by atoms with Gasteiger partial charge in [-0.15, -0.1) is 0 Å². The molecular weight excluding hydrogens is 292 g/mol. The summed E-state index contributed by atoms with van der Waals surface area (Å²) in [6.45, 7) is 0.685. The van der Waals surface area contributed by atoms with Crippen molar-refractivity contribution < 1.29 is 13.2 Å². The predicted molar refractivity (Wildman–Crippen MR) is 79.8 cm³/mol. The third kappa shape index (κ3) is 3.34. The summed E-state index contributed by atoms with van der Waals surface area (Å²) >= 11 is 0. The first-order valence-electron chi connectivity index (χ1n) is 6.46. The van der Waals surface area contributed by atoms with E-state index >= 15 is 0 Å². The average molecular weight is 310 g/mol. The van der Waals surface area contributed by atoms with Gasteiger partial charge in [-0.2, -0.15) is 13.5 Å². The summed E-state index contributed by atoms with van der Waals surface area (Å²) in [7, 11) is -2.17. The van der Waals surface area contributed by atoms with Crippen molar-refractivity contribution in [3.05, 3.63) is 36.5 Å². The first-order valence-corrected chi connectivity index (χ1v) is 7.90. The van der Waals surface area contributed by atoms with E-state index in [1.165, 1.54) is 23.7 Å². The highest BCUT2D eigenvalue weighted by molar-refractivity contribution is 7.92. The monoisotopic (exact) mass is 310 g/mol. The zero-order valence-corrected chi connectivity index (χ0v) is 12.5. The summed E-state index contributed by atoms with van der Waals surface area (Å²) < 4.78 is 31.8. The second kappa shape index (κ2) is 6.59. The molecule has 0 bridgehead atoms. The van der Waals surface area contributed by atoms with Gasteiger partial charge in [0.25, 0.3) is 10.0 Å². The van der Waals surface area contributed by atoms with Crippen molar-refractivity contribution in [1.29, 1.82) is 0 Å². The van der Waals surface area contributed by atoms with E-state index in [1.54, 1.807) is 24.3 Å². The fourth-order valence-corrected chi connectivity index (χ4v) is 3.29. The maximum Gasteiger partial charge on any atom is 0.281 e. The van der Waals surface area contributed by atoms with Gasteiger partial charge in [-0.05, 0) is 31.2 Å². The molecule has 2 aromatic rings. The zero-order valence-electron chi connectivity index (χ0n) is 11.7. The number of hydrogen-bond donors (Lipinski definition) is 2. The van der Waals surface area contributed by atoms with Crippen LogP contribution in [0, 0.1) is 0 Å². The van der Waals surface area contributed by atoms with Gasteiger partial charge in [-0.3, -0.25) is 9.40 Å². The van der Waals surface area contributed by atoms with Crippen LogP contribution in [-0.4, -0.2) is 38.8 Å². The Morgan fingerprint density at radius 2 is 2.19 bits per heavy atom. The Balaban J connectivity index is 2.43. The van der Waals surface area contributed by atoms with E-state index in [2.05, 4.69) is 10.2 Å². The fourth-order valence-electron chi connectivity index (χ4n) is 1.89. The molecule has 0 amide bonds. The Morgan fingerprint density at radius 3 is 2.81 bits per heavy atom. The van der Waals surface area contributed by atoms with E-state index in [-0.39, 0.29) is 11.6 Å². The molecule has 7 nitrogen and oxygen atoms in total. The second-order valence-electron chi connectivity index (χ2n) is 4.34. The SMILES string of the molecule is COc1cccc(N(CCCN)S(=O)(=O)c2ccn[nH]2)c1. The molecule has 3 N–H and O–H groups in total. The molecule has 21 heavy (non-hydrogen) atoms. The number of aromatic amines is 1. The Morgan fingerprint density at radius 1 is 1.38 bits per heavy atom. The number of ether oxygens (including phenoxy) is 1. The minimum atomic E-state index is -3.70. The van der Waals surface area contributed by atoms with Crippen LogP contribution in [-0.2, 0) is 10.0 Å². The Bertz CT molecular complexity index is 670. The van der Waals surface area contributed by atoms with Gasteiger partial charge in [0.2, 0.25) is 0 Å². The predicted octanol–water partition coefficient (Wildman–Crippen LogP) is 0.962. The molecule has 114 valence electrons. The minimum Gasteiger partial charge on any atom is -0.497 e. The van der Waals surface area contributed by atoms with Crippen molar-refractivity contribution in [2.24, 2.45) is 5.73 Å². The van der Waals surface area contributed by atoms with E-state index < -0.39 is 10.0 Å². The Kier molecular flexibility index (Phi) is 4.81. The number of H-pyrrole nitrogens is 1. The van der Waals surface area contributed by atoms with Crippen LogP contribution in [0.5, 0.6) is 5.75 Å². The van der Waals surface area contributed by atoms with Crippen molar-refractivity contribution in [2.75, 3.05) is 24.5 Å². The van der Waals surface area contributed by atoms with Crippen LogP contribution < -0.4 is 14.8 Å². The van der Waals surface area contributed by atoms with Gasteiger partial charge < -0.3 is 10.5 Å². The molecule has 0 atom stereocenters. The van der Waals surface area contributed by atoms with Crippen LogP contribution in [0.15, 0.2) is 41.6 Å². The second-order valence-corrected chi connectivity index (χ2v) is 6.17. The van der Waals surface area contributed by atoms with Gasteiger partial charge in [0, 0.05) is 12.6 Å². The third-order valence-corrected chi connectivity index (χ3v) is 4.71. The quantitative estimate of drug-likeness (QED) is 0.793. The summed E-state index contributed by atoms with van der Waals surface area (Å²) in [5.41, 5.74) is 6.03. The van der Waals surface area contributed by atoms with E-state index in [0.29, 0.717) is 24.4 Å². The summed E-state index contributed by atoms with van der Waals surface area (Å²) in [6, 6.07) is 8.31. The average Bonchev–Trinajstić information content (AvgIpc) is 3.03. The number of methoxy groups -OCH3 is 1. The van der Waals surface area contributed by atoms with E-state index in [0.717, 1.165) is 0 Å². The zero-order chi connectivity index (χ0) is 15.3. The van der Waals surface area contributed by atoms with Gasteiger partial charge in [0.05, 0.1) is 19.0 Å². The topological polar surface area (TPSA) is 101 Å². The standard InChI is InChI=1S/C13H18N4O3S/c1-20-12-5-2-4-11(10-12)17(9-3-7-14)21(18,19)13-6-8-15-16-13/h2,4-6,8,10H,3,7,9,14H2,1H3,(H,15,16). The van der Waals surface area contributed by atoms with Crippen LogP contribution >= 0.6 is 0 Å². The summed E-state index contributed by atoms with van der Waals surface area (Å²) in [4.78, 5) is 0. The Hall–Kier alpha value is -2.06. The third-order valence-electron chi connectivity index (χ3n) is 2.95. The van der Waals surface area contributed by atoms with Gasteiger partial charge in [0.1, 0.15) is 5.75 Å². The van der Waals surface area contributed by atoms with Gasteiger partial charge in [-0.1, -0.05) is 6.07 Å². The van der Waals surface area contributed by atoms with Crippen LogP contribution in [0.4, 0.5) is 5.69 Å². The van der Waals surface area contributed by atoms with Crippen molar-refractivity contribution in [3.8, 4) is 5.75 Å². The van der Waals surface area contributed by atoms with E-state index in [9.17, 15) is 8.42 Å². The first-order chi connectivity index (χ1) is 10.1. The number of benzene rings is 1. The molecule has 1 aromatic carbocycles. The van der Waals surface area contributed by atoms with Gasteiger partial charge >= 0.3 is 0 Å². The van der Waals surface area contributed by atoms with Crippen molar-refractivity contribution in [1.82, 2.24) is 10.2 Å². The smallest absolute Gasteiger partial charge is 0.281 e. The summed E-state index contributed by atoms with van der Waals surface area (Å²) in [5.74, 6) is 0.588. The van der Waals surface area contributed by atoms with Crippen molar-refractivity contribution in [2.45, 2.75) is 11.4 Å². The molecule has 0 saturated heterocycles. The molecule has 0 fully saturated rings. The molecule has 0 unspecified atom stereocenters. The maximum atomic E-state index is 12.7. The molecule has 2 rings (SSSR count). The van der Waals surface area contributed by atoms with Gasteiger partial charge in [-0.25, -0.2) is 0 Å². The lowest BCUT2D eigenvalue weighted by Gasteiger charge is -2.23. The lowest BCUT2D eigenvalue weighted by Crippen LogP contribution is -2.33. The van der Waals surface area contributed by atoms with E-state index in [1.807, 2.05) is 0 Å². The maximum absolute atomic E-state index is 12.7. The van der Waals surface area contributed by atoms with Crippen LogP contribution in [0.3, 0.4) is 0 Å². The molecule has 8 heteroatoms. The lowest BCUT2D eigenvalue weighted by molar-refractivity contribution is 0.415. The summed E-state index contributed by atoms with van der Waals surface area (Å²) in [6.07, 6.45) is 1.95. The highest BCUT2D eigenvalue weighted by Crippen LogP contribution is 2.26. The fraction of sp³-hybridized carbons (Fsp3) is 0.308. The van der Waals surface area contributed by atoms with Crippen molar-refractivity contribution in [3.63, 3.8) is 0 Å². The molecule has 1 heterocycles. The highest BCUT2D eigenvalue weighted by Gasteiger charge is 2.26. The van der Waals surface area contributed by atoms with E-state index in [4.69, 9.17) is 10.5 Å². The first kappa shape index (κ1) is 15.3. The number of anilines is 1. The molecule has 0 saturated carbocycles. The van der Waals surface area contributed by atoms with Crippen molar-refractivity contribution >= 4 is 15.7 Å². The molecular formula is C13H18N4O3S. The number of aromatic nitrogens is 2. The molecule has 0 radical (unpaired) electrons. The molecule has 0 aliphatic carbocycles.